The van der Waals surface area contributed by atoms with Gasteiger partial charge in [0.25, 0.3) is 0 Å². The summed E-state index contributed by atoms with van der Waals surface area (Å²) in [4.78, 5) is 18.0. The van der Waals surface area contributed by atoms with E-state index in [4.69, 9.17) is 5.26 Å². The molecule has 0 aliphatic carbocycles. The van der Waals surface area contributed by atoms with Gasteiger partial charge in [0.05, 0.1) is 18.3 Å². The van der Waals surface area contributed by atoms with Gasteiger partial charge in [-0.25, -0.2) is 0 Å². The zero-order chi connectivity index (χ0) is 28.0. The molecule has 0 amide bonds. The summed E-state index contributed by atoms with van der Waals surface area (Å²) in [6, 6.07) is 29.5. The highest BCUT2D eigenvalue weighted by atomic mass is 16.1. The largest absolute Gasteiger partial charge is 0.334 e. The molecule has 2 saturated heterocycles. The molecule has 2 fully saturated rings. The number of hydrogen-bond acceptors (Lipinski definition) is 4. The van der Waals surface area contributed by atoms with Crippen LogP contribution in [0.25, 0.3) is 10.9 Å². The highest BCUT2D eigenvalue weighted by Crippen LogP contribution is 2.30. The fourth-order valence-electron chi connectivity index (χ4n) is 6.71. The number of nitriles is 1. The Hall–Kier alpha value is -3.72. The maximum absolute atomic E-state index is 13.0. The van der Waals surface area contributed by atoms with E-state index in [1.54, 1.807) is 0 Å². The van der Waals surface area contributed by atoms with E-state index in [9.17, 15) is 4.79 Å². The first-order valence-corrected chi connectivity index (χ1v) is 15.3. The number of Topliss-reactive ketones (excluding diaryl/α,β-unsaturated/α-hetero) is 1. The van der Waals surface area contributed by atoms with Crippen molar-refractivity contribution >= 4 is 16.7 Å². The molecule has 6 rings (SSSR count). The van der Waals surface area contributed by atoms with Crippen LogP contribution in [-0.4, -0.2) is 46.3 Å². The number of benzene rings is 3. The van der Waals surface area contributed by atoms with Gasteiger partial charge in [0.2, 0.25) is 0 Å². The van der Waals surface area contributed by atoms with Crippen molar-refractivity contribution in [3.63, 3.8) is 0 Å². The molecule has 0 N–H and O–H groups in total. The molecular formula is C36H40N4O. The smallest absolute Gasteiger partial charge is 0.162 e. The first-order chi connectivity index (χ1) is 20.1. The molecule has 2 aliphatic heterocycles. The van der Waals surface area contributed by atoms with Gasteiger partial charge in [0.15, 0.2) is 5.78 Å². The summed E-state index contributed by atoms with van der Waals surface area (Å²) >= 11 is 0. The number of rotatable bonds is 9. The van der Waals surface area contributed by atoms with Crippen LogP contribution in [0, 0.1) is 17.2 Å². The van der Waals surface area contributed by atoms with Crippen molar-refractivity contribution in [2.24, 2.45) is 5.92 Å². The summed E-state index contributed by atoms with van der Waals surface area (Å²) in [6.07, 6.45) is 8.45. The second-order valence-corrected chi connectivity index (χ2v) is 12.0. The topological polar surface area (TPSA) is 52.3 Å². The standard InChI is InChI=1S/C36H40N4O/c37-25-30-6-12-35-34(24-30)18-23-40(35)27-39-21-16-32(17-22-39)31-8-10-33(11-9-31)36(41)13-7-28-14-19-38(20-15-28)26-29-4-2-1-3-5-29/h1-6,8-12,18,23-24,28,32H,7,13-17,19-22,26-27H2. The highest BCUT2D eigenvalue weighted by Gasteiger charge is 2.23. The summed E-state index contributed by atoms with van der Waals surface area (Å²) in [5.74, 6) is 1.50. The predicted octanol–water partition coefficient (Wildman–Crippen LogP) is 7.23. The minimum Gasteiger partial charge on any atom is -0.334 e. The van der Waals surface area contributed by atoms with E-state index in [0.717, 1.165) is 69.6 Å². The van der Waals surface area contributed by atoms with Gasteiger partial charge in [-0.3, -0.25) is 14.6 Å². The zero-order valence-electron chi connectivity index (χ0n) is 23.9. The lowest BCUT2D eigenvalue weighted by molar-refractivity contribution is 0.0961. The number of carbonyl (C=O) groups is 1. The lowest BCUT2D eigenvalue weighted by atomic mass is 9.88. The van der Waals surface area contributed by atoms with Crippen molar-refractivity contribution in [1.29, 1.82) is 5.26 Å². The monoisotopic (exact) mass is 544 g/mol. The quantitative estimate of drug-likeness (QED) is 0.209. The molecule has 0 bridgehead atoms. The Bertz CT molecular complexity index is 1480. The third-order valence-corrected chi connectivity index (χ3v) is 9.28. The van der Waals surface area contributed by atoms with E-state index < -0.39 is 0 Å². The molecule has 1 aromatic heterocycles. The Morgan fingerprint density at radius 3 is 2.29 bits per heavy atom. The van der Waals surface area contributed by atoms with Crippen LogP contribution in [0.4, 0.5) is 0 Å². The minimum absolute atomic E-state index is 0.291. The van der Waals surface area contributed by atoms with Gasteiger partial charge in [-0.1, -0.05) is 54.6 Å². The van der Waals surface area contributed by atoms with E-state index in [1.165, 1.54) is 29.5 Å². The number of nitrogens with zero attached hydrogens (tertiary/aromatic N) is 4. The number of likely N-dealkylation sites (tertiary alicyclic amines) is 2. The number of ketones is 1. The number of carbonyl (C=O) groups excluding carboxylic acids is 1. The van der Waals surface area contributed by atoms with Crippen molar-refractivity contribution in [2.75, 3.05) is 26.2 Å². The van der Waals surface area contributed by atoms with Gasteiger partial charge in [0, 0.05) is 48.7 Å². The molecule has 0 radical (unpaired) electrons. The average molecular weight is 545 g/mol. The maximum Gasteiger partial charge on any atom is 0.162 e. The lowest BCUT2D eigenvalue weighted by Crippen LogP contribution is -2.34. The molecule has 0 saturated carbocycles. The van der Waals surface area contributed by atoms with E-state index in [-0.39, 0.29) is 0 Å². The summed E-state index contributed by atoms with van der Waals surface area (Å²) in [6.45, 7) is 6.30. The van der Waals surface area contributed by atoms with Crippen molar-refractivity contribution in [2.45, 2.75) is 57.7 Å². The van der Waals surface area contributed by atoms with Gasteiger partial charge in [-0.15, -0.1) is 0 Å². The molecule has 5 heteroatoms. The number of fused-ring (bicyclic) bond motifs is 1. The van der Waals surface area contributed by atoms with Crippen LogP contribution in [-0.2, 0) is 13.2 Å². The Kier molecular flexibility index (Phi) is 8.60. The van der Waals surface area contributed by atoms with Crippen molar-refractivity contribution < 1.29 is 4.79 Å². The molecule has 4 aromatic rings. The number of hydrogen-bond donors (Lipinski definition) is 0. The van der Waals surface area contributed by atoms with E-state index >= 15 is 0 Å². The molecule has 3 heterocycles. The van der Waals surface area contributed by atoms with Crippen LogP contribution in [0.1, 0.15) is 71.5 Å². The number of piperidine rings is 2. The van der Waals surface area contributed by atoms with E-state index in [2.05, 4.69) is 93.4 Å². The van der Waals surface area contributed by atoms with Crippen molar-refractivity contribution in [3.05, 3.63) is 107 Å². The molecule has 0 spiro atoms. The molecule has 0 unspecified atom stereocenters. The first-order valence-electron chi connectivity index (χ1n) is 15.3. The summed E-state index contributed by atoms with van der Waals surface area (Å²) in [5, 5.41) is 10.3. The lowest BCUT2D eigenvalue weighted by Gasteiger charge is -2.32. The van der Waals surface area contributed by atoms with Crippen molar-refractivity contribution in [3.8, 4) is 6.07 Å². The second kappa shape index (κ2) is 12.9. The van der Waals surface area contributed by atoms with Crippen LogP contribution in [0.5, 0.6) is 0 Å². The molecule has 210 valence electrons. The second-order valence-electron chi connectivity index (χ2n) is 12.0. The summed E-state index contributed by atoms with van der Waals surface area (Å²) in [5.41, 5.74) is 5.51. The fourth-order valence-corrected chi connectivity index (χ4v) is 6.71. The summed E-state index contributed by atoms with van der Waals surface area (Å²) < 4.78 is 2.28. The average Bonchev–Trinajstić information content (AvgIpc) is 3.43. The molecule has 0 atom stereocenters. The van der Waals surface area contributed by atoms with Crippen LogP contribution in [0.2, 0.25) is 0 Å². The molecular weight excluding hydrogens is 504 g/mol. The zero-order valence-corrected chi connectivity index (χ0v) is 23.9. The molecule has 41 heavy (non-hydrogen) atoms. The SMILES string of the molecule is N#Cc1ccc2c(ccn2CN2CCC(c3ccc(C(=O)CCC4CCN(Cc5ccccc5)CC4)cc3)CC2)c1. The van der Waals surface area contributed by atoms with Gasteiger partial charge in [0.1, 0.15) is 0 Å². The summed E-state index contributed by atoms with van der Waals surface area (Å²) in [7, 11) is 0. The first kappa shape index (κ1) is 27.4. The molecule has 2 aliphatic rings. The Morgan fingerprint density at radius 1 is 0.829 bits per heavy atom. The minimum atomic E-state index is 0.291. The fraction of sp³-hybridized carbons (Fsp3) is 0.389. The third-order valence-electron chi connectivity index (χ3n) is 9.28. The van der Waals surface area contributed by atoms with Crippen LogP contribution in [0.15, 0.2) is 85.1 Å². The Labute approximate surface area is 244 Å². The van der Waals surface area contributed by atoms with Gasteiger partial charge in [-0.05, 0) is 92.4 Å². The third kappa shape index (κ3) is 6.78. The Balaban J connectivity index is 0.935. The maximum atomic E-state index is 13.0. The van der Waals surface area contributed by atoms with E-state index in [0.29, 0.717) is 29.6 Å². The highest BCUT2D eigenvalue weighted by molar-refractivity contribution is 5.96. The van der Waals surface area contributed by atoms with Crippen LogP contribution in [0.3, 0.4) is 0 Å². The van der Waals surface area contributed by atoms with Crippen molar-refractivity contribution in [1.82, 2.24) is 14.4 Å². The van der Waals surface area contributed by atoms with E-state index in [1.807, 2.05) is 12.1 Å². The van der Waals surface area contributed by atoms with Gasteiger partial charge >= 0.3 is 0 Å². The Morgan fingerprint density at radius 2 is 1.56 bits per heavy atom. The molecule has 3 aromatic carbocycles. The molecule has 5 nitrogen and oxygen atoms in total. The van der Waals surface area contributed by atoms with Gasteiger partial charge < -0.3 is 4.57 Å². The van der Waals surface area contributed by atoms with Gasteiger partial charge in [-0.2, -0.15) is 5.26 Å². The van der Waals surface area contributed by atoms with Crippen LogP contribution >= 0.6 is 0 Å². The number of aromatic nitrogens is 1. The van der Waals surface area contributed by atoms with Crippen LogP contribution < -0.4 is 0 Å². The normalized spacial score (nSPS) is 17.5. The predicted molar refractivity (Wildman–Crippen MR) is 165 cm³/mol.